The fourth-order valence-electron chi connectivity index (χ4n) is 3.11. The van der Waals surface area contributed by atoms with Gasteiger partial charge in [0, 0.05) is 30.4 Å². The van der Waals surface area contributed by atoms with Crippen molar-refractivity contribution in [3.8, 4) is 6.07 Å². The smallest absolute Gasteiger partial charge is 0.259 e. The third-order valence-corrected chi connectivity index (χ3v) is 5.13. The van der Waals surface area contributed by atoms with Crippen LogP contribution < -0.4 is 4.90 Å². The van der Waals surface area contributed by atoms with Crippen LogP contribution in [0.25, 0.3) is 5.52 Å². The highest BCUT2D eigenvalue weighted by molar-refractivity contribution is 9.10. The molecule has 144 valence electrons. The number of fused-ring (bicyclic) bond motifs is 1. The second-order valence-corrected chi connectivity index (χ2v) is 7.36. The molecule has 1 amide bonds. The van der Waals surface area contributed by atoms with Crippen molar-refractivity contribution in [2.45, 2.75) is 19.5 Å². The van der Waals surface area contributed by atoms with E-state index in [0.717, 1.165) is 9.99 Å². The van der Waals surface area contributed by atoms with Crippen LogP contribution >= 0.6 is 15.9 Å². The Bertz CT molecular complexity index is 1190. The molecule has 0 aliphatic rings. The van der Waals surface area contributed by atoms with Crippen molar-refractivity contribution < 1.29 is 4.79 Å². The molecule has 4 aromatic rings. The van der Waals surface area contributed by atoms with Crippen LogP contribution in [0.4, 0.5) is 5.82 Å². The van der Waals surface area contributed by atoms with Crippen LogP contribution in [0.3, 0.4) is 0 Å². The SMILES string of the molecule is CC(Cn1cccn1)N(C(=O)c1ccn2ncc(Br)c2c1)c1ccc(C#N)cn1. The molecule has 0 radical (unpaired) electrons. The quantitative estimate of drug-likeness (QED) is 0.465. The molecule has 0 aromatic carbocycles. The van der Waals surface area contributed by atoms with E-state index in [0.29, 0.717) is 23.5 Å². The van der Waals surface area contributed by atoms with E-state index >= 15 is 0 Å². The summed E-state index contributed by atoms with van der Waals surface area (Å²) in [6.45, 7) is 2.44. The molecule has 0 spiro atoms. The molecule has 0 saturated carbocycles. The van der Waals surface area contributed by atoms with Gasteiger partial charge in [-0.25, -0.2) is 9.50 Å². The largest absolute Gasteiger partial charge is 0.288 e. The summed E-state index contributed by atoms with van der Waals surface area (Å²) in [4.78, 5) is 19.5. The van der Waals surface area contributed by atoms with E-state index in [9.17, 15) is 4.79 Å². The summed E-state index contributed by atoms with van der Waals surface area (Å²) >= 11 is 3.45. The van der Waals surface area contributed by atoms with Gasteiger partial charge < -0.3 is 0 Å². The first-order valence-corrected chi connectivity index (χ1v) is 9.66. The number of carbonyl (C=O) groups excluding carboxylic acids is 1. The Morgan fingerprint density at radius 2 is 2.14 bits per heavy atom. The van der Waals surface area contributed by atoms with E-state index < -0.39 is 0 Å². The molecule has 8 nitrogen and oxygen atoms in total. The Hall–Kier alpha value is -3.51. The highest BCUT2D eigenvalue weighted by atomic mass is 79.9. The summed E-state index contributed by atoms with van der Waals surface area (Å²) in [5.41, 5.74) is 1.74. The fourth-order valence-corrected chi connectivity index (χ4v) is 3.50. The van der Waals surface area contributed by atoms with Gasteiger partial charge in [0.05, 0.1) is 34.3 Å². The normalized spacial score (nSPS) is 11.9. The Morgan fingerprint density at radius 3 is 2.83 bits per heavy atom. The molecule has 0 bridgehead atoms. The maximum absolute atomic E-state index is 13.5. The first-order chi connectivity index (χ1) is 14.1. The zero-order valence-electron chi connectivity index (χ0n) is 15.5. The third-order valence-electron chi connectivity index (χ3n) is 4.52. The van der Waals surface area contributed by atoms with E-state index in [2.05, 4.69) is 31.1 Å². The molecule has 1 atom stereocenters. The van der Waals surface area contributed by atoms with Crippen molar-refractivity contribution in [1.29, 1.82) is 5.26 Å². The Morgan fingerprint density at radius 1 is 1.28 bits per heavy atom. The summed E-state index contributed by atoms with van der Waals surface area (Å²) in [5, 5.41) is 17.5. The maximum Gasteiger partial charge on any atom is 0.259 e. The lowest BCUT2D eigenvalue weighted by atomic mass is 10.1. The van der Waals surface area contributed by atoms with Crippen LogP contribution in [0.2, 0.25) is 0 Å². The molecule has 9 heteroatoms. The lowest BCUT2D eigenvalue weighted by Crippen LogP contribution is -2.42. The topological polar surface area (TPSA) is 92.1 Å². The number of rotatable bonds is 5. The molecule has 0 saturated heterocycles. The van der Waals surface area contributed by atoms with E-state index in [4.69, 9.17) is 5.26 Å². The van der Waals surface area contributed by atoms with Crippen molar-refractivity contribution in [1.82, 2.24) is 24.4 Å². The number of nitriles is 1. The number of anilines is 1. The van der Waals surface area contributed by atoms with Crippen LogP contribution in [-0.4, -0.2) is 36.3 Å². The van der Waals surface area contributed by atoms with Crippen molar-refractivity contribution in [3.05, 3.63) is 76.9 Å². The van der Waals surface area contributed by atoms with Gasteiger partial charge in [-0.05, 0) is 53.2 Å². The zero-order valence-corrected chi connectivity index (χ0v) is 17.1. The molecule has 4 aromatic heterocycles. The number of carbonyl (C=O) groups is 1. The van der Waals surface area contributed by atoms with Gasteiger partial charge in [-0.1, -0.05) is 0 Å². The van der Waals surface area contributed by atoms with Gasteiger partial charge in [0.25, 0.3) is 5.91 Å². The van der Waals surface area contributed by atoms with Crippen LogP contribution in [0.15, 0.2) is 65.8 Å². The molecular weight excluding hydrogens is 434 g/mol. The lowest BCUT2D eigenvalue weighted by molar-refractivity contribution is 0.0975. The van der Waals surface area contributed by atoms with Gasteiger partial charge >= 0.3 is 0 Å². The van der Waals surface area contributed by atoms with Gasteiger partial charge in [-0.3, -0.25) is 14.4 Å². The minimum Gasteiger partial charge on any atom is -0.288 e. The molecular formula is C20H16BrN7O. The van der Waals surface area contributed by atoms with Crippen molar-refractivity contribution in [2.24, 2.45) is 0 Å². The van der Waals surface area contributed by atoms with Crippen LogP contribution in [-0.2, 0) is 6.54 Å². The predicted molar refractivity (Wildman–Crippen MR) is 110 cm³/mol. The third kappa shape index (κ3) is 3.75. The minimum absolute atomic E-state index is 0.197. The molecule has 29 heavy (non-hydrogen) atoms. The summed E-state index contributed by atoms with van der Waals surface area (Å²) in [6, 6.07) is 10.5. The van der Waals surface area contributed by atoms with Crippen LogP contribution in [0.1, 0.15) is 22.8 Å². The van der Waals surface area contributed by atoms with Crippen molar-refractivity contribution >= 4 is 33.2 Å². The average molecular weight is 450 g/mol. The standard InChI is InChI=1S/C20H16BrN7O/c1-14(13-26-7-2-6-24-26)28(19-4-3-15(10-22)11-23-19)20(29)16-5-8-27-18(9-16)17(21)12-25-27/h2-9,11-12,14H,13H2,1H3. The number of pyridine rings is 2. The summed E-state index contributed by atoms with van der Waals surface area (Å²) in [7, 11) is 0. The minimum atomic E-state index is -0.229. The summed E-state index contributed by atoms with van der Waals surface area (Å²) in [5.74, 6) is 0.276. The number of hydrogen-bond acceptors (Lipinski definition) is 5. The van der Waals surface area contributed by atoms with Gasteiger partial charge in [-0.2, -0.15) is 15.5 Å². The van der Waals surface area contributed by atoms with E-state index in [1.807, 2.05) is 25.3 Å². The van der Waals surface area contributed by atoms with Crippen LogP contribution in [0, 0.1) is 11.3 Å². The monoisotopic (exact) mass is 449 g/mol. The predicted octanol–water partition coefficient (Wildman–Crippen LogP) is 3.30. The molecule has 0 aliphatic heterocycles. The molecule has 0 aliphatic carbocycles. The zero-order chi connectivity index (χ0) is 20.4. The fraction of sp³-hybridized carbons (Fsp3) is 0.150. The van der Waals surface area contributed by atoms with Crippen molar-refractivity contribution in [2.75, 3.05) is 4.90 Å². The molecule has 4 rings (SSSR count). The van der Waals surface area contributed by atoms with E-state index in [1.165, 1.54) is 6.20 Å². The average Bonchev–Trinajstić information content (AvgIpc) is 3.38. The van der Waals surface area contributed by atoms with Gasteiger partial charge in [0.1, 0.15) is 11.9 Å². The number of halogens is 1. The highest BCUT2D eigenvalue weighted by Gasteiger charge is 2.25. The number of nitrogens with zero attached hydrogens (tertiary/aromatic N) is 7. The second-order valence-electron chi connectivity index (χ2n) is 6.51. The van der Waals surface area contributed by atoms with Gasteiger partial charge in [0.15, 0.2) is 0 Å². The maximum atomic E-state index is 13.5. The first-order valence-electron chi connectivity index (χ1n) is 8.87. The van der Waals surface area contributed by atoms with Crippen molar-refractivity contribution in [3.63, 3.8) is 0 Å². The Balaban J connectivity index is 1.73. The molecule has 1 unspecified atom stereocenters. The molecule has 4 heterocycles. The highest BCUT2D eigenvalue weighted by Crippen LogP contribution is 2.23. The molecule has 0 fully saturated rings. The van der Waals surface area contributed by atoms with E-state index in [1.54, 1.807) is 57.0 Å². The number of aromatic nitrogens is 5. The molecule has 0 N–H and O–H groups in total. The second kappa shape index (κ2) is 7.85. The van der Waals surface area contributed by atoms with E-state index in [-0.39, 0.29) is 11.9 Å². The Labute approximate surface area is 175 Å². The summed E-state index contributed by atoms with van der Waals surface area (Å²) in [6.07, 6.45) is 8.44. The Kier molecular flexibility index (Phi) is 5.10. The first kappa shape index (κ1) is 18.8. The summed E-state index contributed by atoms with van der Waals surface area (Å²) < 4.78 is 4.27. The van der Waals surface area contributed by atoms with Gasteiger partial charge in [0.2, 0.25) is 0 Å². The number of hydrogen-bond donors (Lipinski definition) is 0. The number of amides is 1. The van der Waals surface area contributed by atoms with Gasteiger partial charge in [-0.15, -0.1) is 0 Å². The van der Waals surface area contributed by atoms with Crippen LogP contribution in [0.5, 0.6) is 0 Å². The lowest BCUT2D eigenvalue weighted by Gasteiger charge is -2.28.